The van der Waals surface area contributed by atoms with E-state index < -0.39 is 10.0 Å². The van der Waals surface area contributed by atoms with Crippen molar-refractivity contribution in [3.8, 4) is 0 Å². The van der Waals surface area contributed by atoms with Crippen molar-refractivity contribution in [1.29, 1.82) is 0 Å². The Morgan fingerprint density at radius 2 is 1.65 bits per heavy atom. The van der Waals surface area contributed by atoms with Crippen molar-refractivity contribution in [2.75, 3.05) is 20.1 Å². The molecule has 0 spiro atoms. The summed E-state index contributed by atoms with van der Waals surface area (Å²) in [6.07, 6.45) is 6.82. The molecule has 0 unspecified atom stereocenters. The summed E-state index contributed by atoms with van der Waals surface area (Å²) in [7, 11) is -1.72. The van der Waals surface area contributed by atoms with Crippen molar-refractivity contribution in [3.63, 3.8) is 0 Å². The molecule has 1 aliphatic rings. The van der Waals surface area contributed by atoms with Gasteiger partial charge in [0.15, 0.2) is 0 Å². The van der Waals surface area contributed by atoms with E-state index in [-0.39, 0.29) is 16.8 Å². The third kappa shape index (κ3) is 4.46. The van der Waals surface area contributed by atoms with E-state index in [2.05, 4.69) is 0 Å². The summed E-state index contributed by atoms with van der Waals surface area (Å²) in [5.41, 5.74) is 1.30. The van der Waals surface area contributed by atoms with E-state index in [0.29, 0.717) is 18.7 Å². The zero-order chi connectivity index (χ0) is 19.3. The monoisotopic (exact) mass is 380 g/mol. The van der Waals surface area contributed by atoms with Crippen LogP contribution >= 0.6 is 0 Å². The normalized spacial score (nSPS) is 16.5. The Labute approximate surface area is 158 Å². The molecule has 5 nitrogen and oxygen atoms in total. The quantitative estimate of drug-likeness (QED) is 0.705. The molecular weight excluding hydrogens is 348 g/mol. The molecule has 0 atom stereocenters. The Morgan fingerprint density at radius 3 is 2.19 bits per heavy atom. The lowest BCUT2D eigenvalue weighted by molar-refractivity contribution is 0.0716. The van der Waals surface area contributed by atoms with Crippen LogP contribution in [0.2, 0.25) is 0 Å². The molecule has 6 heteroatoms. The Hall–Kier alpha value is -1.40. The average Bonchev–Trinajstić information content (AvgIpc) is 2.91. The van der Waals surface area contributed by atoms with Gasteiger partial charge in [-0.2, -0.15) is 4.31 Å². The van der Waals surface area contributed by atoms with Crippen LogP contribution in [0.25, 0.3) is 0 Å². The standard InChI is InChI=1S/C20H32N2O3S/c1-5-22(6-2)26(24,25)18-14-13-16(3)19(15-18)20(23)21(4)17-11-9-7-8-10-12-17/h13-15,17H,5-12H2,1-4H3. The van der Waals surface area contributed by atoms with Gasteiger partial charge in [0.05, 0.1) is 4.90 Å². The summed E-state index contributed by atoms with van der Waals surface area (Å²) >= 11 is 0. The summed E-state index contributed by atoms with van der Waals surface area (Å²) in [4.78, 5) is 15.1. The zero-order valence-corrected chi connectivity index (χ0v) is 17.3. The maximum Gasteiger partial charge on any atom is 0.254 e. The first-order valence-corrected chi connectivity index (χ1v) is 11.1. The van der Waals surface area contributed by atoms with Crippen molar-refractivity contribution in [3.05, 3.63) is 29.3 Å². The largest absolute Gasteiger partial charge is 0.339 e. The number of nitrogens with zero attached hydrogens (tertiary/aromatic N) is 2. The van der Waals surface area contributed by atoms with Gasteiger partial charge in [-0.25, -0.2) is 8.42 Å². The van der Waals surface area contributed by atoms with E-state index in [0.717, 1.165) is 31.2 Å². The molecule has 0 heterocycles. The summed E-state index contributed by atoms with van der Waals surface area (Å²) in [6.45, 7) is 6.33. The highest BCUT2D eigenvalue weighted by molar-refractivity contribution is 7.89. The van der Waals surface area contributed by atoms with Gasteiger partial charge in [-0.05, 0) is 37.5 Å². The van der Waals surface area contributed by atoms with Gasteiger partial charge in [0.1, 0.15) is 0 Å². The molecule has 1 amide bonds. The predicted octanol–water partition coefficient (Wildman–Crippen LogP) is 3.82. The molecule has 1 aromatic carbocycles. The van der Waals surface area contributed by atoms with Crippen LogP contribution in [0.3, 0.4) is 0 Å². The van der Waals surface area contributed by atoms with Crippen molar-refractivity contribution < 1.29 is 13.2 Å². The number of carbonyl (C=O) groups is 1. The smallest absolute Gasteiger partial charge is 0.254 e. The molecule has 0 N–H and O–H groups in total. The van der Waals surface area contributed by atoms with Gasteiger partial charge in [0, 0.05) is 31.7 Å². The first-order valence-electron chi connectivity index (χ1n) is 9.70. The summed E-state index contributed by atoms with van der Waals surface area (Å²) in [5, 5.41) is 0. The molecular formula is C20H32N2O3S. The fraction of sp³-hybridized carbons (Fsp3) is 0.650. The van der Waals surface area contributed by atoms with Crippen LogP contribution in [-0.4, -0.2) is 49.7 Å². The van der Waals surface area contributed by atoms with E-state index in [1.807, 2.05) is 32.7 Å². The number of hydrogen-bond donors (Lipinski definition) is 0. The number of sulfonamides is 1. The lowest BCUT2D eigenvalue weighted by atomic mass is 10.0. The fourth-order valence-electron chi connectivity index (χ4n) is 3.71. The average molecular weight is 381 g/mol. The molecule has 0 saturated heterocycles. The fourth-order valence-corrected chi connectivity index (χ4v) is 5.19. The lowest BCUT2D eigenvalue weighted by Crippen LogP contribution is -2.37. The van der Waals surface area contributed by atoms with E-state index >= 15 is 0 Å². The number of hydrogen-bond acceptors (Lipinski definition) is 3. The maximum absolute atomic E-state index is 13.1. The number of amides is 1. The van der Waals surface area contributed by atoms with Crippen molar-refractivity contribution in [1.82, 2.24) is 9.21 Å². The number of benzene rings is 1. The second kappa shape index (κ2) is 9.00. The van der Waals surface area contributed by atoms with Crippen LogP contribution < -0.4 is 0 Å². The second-order valence-electron chi connectivity index (χ2n) is 7.13. The molecule has 0 radical (unpaired) electrons. The minimum atomic E-state index is -3.57. The first-order chi connectivity index (χ1) is 12.3. The molecule has 0 aliphatic heterocycles. The number of rotatable bonds is 6. The highest BCUT2D eigenvalue weighted by Crippen LogP contribution is 2.25. The van der Waals surface area contributed by atoms with Crippen LogP contribution in [0, 0.1) is 6.92 Å². The molecule has 2 rings (SSSR count). The number of aryl methyl sites for hydroxylation is 1. The van der Waals surface area contributed by atoms with Gasteiger partial charge in [-0.3, -0.25) is 4.79 Å². The SMILES string of the molecule is CCN(CC)S(=O)(=O)c1ccc(C)c(C(=O)N(C)C2CCCCCC2)c1. The third-order valence-corrected chi connectivity index (χ3v) is 7.52. The van der Waals surface area contributed by atoms with E-state index in [9.17, 15) is 13.2 Å². The van der Waals surface area contributed by atoms with Gasteiger partial charge >= 0.3 is 0 Å². The minimum absolute atomic E-state index is 0.0778. The zero-order valence-electron chi connectivity index (χ0n) is 16.5. The lowest BCUT2D eigenvalue weighted by Gasteiger charge is -2.28. The van der Waals surface area contributed by atoms with Gasteiger partial charge in [0.2, 0.25) is 10.0 Å². The summed E-state index contributed by atoms with van der Waals surface area (Å²) in [6, 6.07) is 5.14. The Balaban J connectivity index is 2.32. The third-order valence-electron chi connectivity index (χ3n) is 5.48. The van der Waals surface area contributed by atoms with Crippen molar-refractivity contribution in [2.24, 2.45) is 0 Å². The van der Waals surface area contributed by atoms with Crippen molar-refractivity contribution in [2.45, 2.75) is 70.2 Å². The molecule has 1 saturated carbocycles. The summed E-state index contributed by atoms with van der Waals surface area (Å²) < 4.78 is 27.0. The summed E-state index contributed by atoms with van der Waals surface area (Å²) in [5.74, 6) is -0.0778. The predicted molar refractivity (Wildman–Crippen MR) is 105 cm³/mol. The first kappa shape index (κ1) is 20.9. The topological polar surface area (TPSA) is 57.7 Å². The van der Waals surface area contributed by atoms with Gasteiger partial charge < -0.3 is 4.90 Å². The number of carbonyl (C=O) groups excluding carboxylic acids is 1. The van der Waals surface area contributed by atoms with Crippen molar-refractivity contribution >= 4 is 15.9 Å². The van der Waals surface area contributed by atoms with Crippen LogP contribution in [0.5, 0.6) is 0 Å². The molecule has 146 valence electrons. The van der Waals surface area contributed by atoms with E-state index in [4.69, 9.17) is 0 Å². The van der Waals surface area contributed by atoms with Crippen LogP contribution in [-0.2, 0) is 10.0 Å². The molecule has 1 aromatic rings. The highest BCUT2D eigenvalue weighted by atomic mass is 32.2. The second-order valence-corrected chi connectivity index (χ2v) is 9.07. The van der Waals surface area contributed by atoms with Gasteiger partial charge in [0.25, 0.3) is 5.91 Å². The van der Waals surface area contributed by atoms with Gasteiger partial charge in [-0.1, -0.05) is 45.6 Å². The van der Waals surface area contributed by atoms with E-state index in [1.54, 1.807) is 18.2 Å². The van der Waals surface area contributed by atoms with Gasteiger partial charge in [-0.15, -0.1) is 0 Å². The van der Waals surface area contributed by atoms with Crippen LogP contribution in [0.1, 0.15) is 68.3 Å². The van der Waals surface area contributed by atoms with Crippen LogP contribution in [0.15, 0.2) is 23.1 Å². The molecule has 26 heavy (non-hydrogen) atoms. The molecule has 1 aliphatic carbocycles. The maximum atomic E-state index is 13.1. The minimum Gasteiger partial charge on any atom is -0.339 e. The van der Waals surface area contributed by atoms with E-state index in [1.165, 1.54) is 17.1 Å². The van der Waals surface area contributed by atoms with Crippen LogP contribution in [0.4, 0.5) is 0 Å². The molecule has 1 fully saturated rings. The molecule has 0 bridgehead atoms. The molecule has 0 aromatic heterocycles. The Morgan fingerprint density at radius 1 is 1.08 bits per heavy atom. The Kier molecular flexibility index (Phi) is 7.24. The highest BCUT2D eigenvalue weighted by Gasteiger charge is 2.26. The Bertz CT molecular complexity index is 719.